The topological polar surface area (TPSA) is 107 Å². The number of carbonyl (C=O) groups excluding carboxylic acids is 3. The van der Waals surface area contributed by atoms with Crippen molar-refractivity contribution < 1.29 is 14.4 Å². The third kappa shape index (κ3) is 2.42. The molecule has 0 saturated carbocycles. The minimum absolute atomic E-state index is 0.327. The molecule has 8 nitrogen and oxygen atoms in total. The molecular formula is C11H15N5O3. The van der Waals surface area contributed by atoms with Crippen molar-refractivity contribution in [3.63, 3.8) is 0 Å². The number of nitrogens with one attached hydrogen (secondary N) is 3. The lowest BCUT2D eigenvalue weighted by Crippen LogP contribution is -2.41. The predicted molar refractivity (Wildman–Crippen MR) is 66.3 cm³/mol. The third-order valence-electron chi connectivity index (χ3n) is 2.84. The SMILES string of the molecule is Cc1cn[nH]c1NC(=O)CN1C(=O)NC(C)(C)C1=O. The molecule has 0 atom stereocenters. The smallest absolute Gasteiger partial charge is 0.324 e. The van der Waals surface area contributed by atoms with Crippen molar-refractivity contribution >= 4 is 23.7 Å². The lowest BCUT2D eigenvalue weighted by atomic mass is 10.1. The van der Waals surface area contributed by atoms with Gasteiger partial charge in [-0.25, -0.2) is 4.79 Å². The largest absolute Gasteiger partial charge is 0.325 e. The molecule has 1 fully saturated rings. The Morgan fingerprint density at radius 2 is 2.16 bits per heavy atom. The van der Waals surface area contributed by atoms with E-state index in [2.05, 4.69) is 20.8 Å². The summed E-state index contributed by atoms with van der Waals surface area (Å²) in [7, 11) is 0. The summed E-state index contributed by atoms with van der Waals surface area (Å²) in [5.74, 6) is -0.432. The maximum atomic E-state index is 11.9. The second-order valence-corrected chi connectivity index (χ2v) is 4.92. The van der Waals surface area contributed by atoms with Crippen LogP contribution in [0.4, 0.5) is 10.6 Å². The fraction of sp³-hybridized carbons (Fsp3) is 0.455. The zero-order valence-electron chi connectivity index (χ0n) is 10.9. The van der Waals surface area contributed by atoms with E-state index in [4.69, 9.17) is 0 Å². The molecule has 102 valence electrons. The van der Waals surface area contributed by atoms with Gasteiger partial charge in [0, 0.05) is 5.56 Å². The molecule has 1 aliphatic heterocycles. The highest BCUT2D eigenvalue weighted by Gasteiger charge is 2.44. The zero-order chi connectivity index (χ0) is 14.2. The number of nitrogens with zero attached hydrogens (tertiary/aromatic N) is 2. The first-order valence-corrected chi connectivity index (χ1v) is 5.75. The second-order valence-electron chi connectivity index (χ2n) is 4.92. The highest BCUT2D eigenvalue weighted by molar-refractivity contribution is 6.09. The summed E-state index contributed by atoms with van der Waals surface area (Å²) in [6.07, 6.45) is 1.56. The summed E-state index contributed by atoms with van der Waals surface area (Å²) < 4.78 is 0. The summed E-state index contributed by atoms with van der Waals surface area (Å²) in [6.45, 7) is 4.62. The first-order valence-electron chi connectivity index (χ1n) is 5.75. The number of hydrogen-bond acceptors (Lipinski definition) is 4. The molecule has 0 aromatic carbocycles. The Morgan fingerprint density at radius 3 is 2.63 bits per heavy atom. The van der Waals surface area contributed by atoms with Crippen LogP contribution < -0.4 is 10.6 Å². The van der Waals surface area contributed by atoms with E-state index >= 15 is 0 Å². The van der Waals surface area contributed by atoms with Gasteiger partial charge < -0.3 is 10.6 Å². The minimum atomic E-state index is -0.971. The quantitative estimate of drug-likeness (QED) is 0.668. The van der Waals surface area contributed by atoms with E-state index in [1.165, 1.54) is 0 Å². The standard InChI is InChI=1S/C11H15N5O3/c1-6-4-12-15-8(6)13-7(17)5-16-9(18)11(2,3)14-10(16)19/h4H,5H2,1-3H3,(H,14,19)(H2,12,13,15,17). The van der Waals surface area contributed by atoms with E-state index in [0.717, 1.165) is 10.5 Å². The lowest BCUT2D eigenvalue weighted by molar-refractivity contribution is -0.132. The molecule has 0 bridgehead atoms. The van der Waals surface area contributed by atoms with Crippen LogP contribution >= 0.6 is 0 Å². The Bertz CT molecular complexity index is 548. The summed E-state index contributed by atoms with van der Waals surface area (Å²) in [6, 6.07) is -0.563. The van der Waals surface area contributed by atoms with E-state index in [0.29, 0.717) is 5.82 Å². The van der Waals surface area contributed by atoms with E-state index < -0.39 is 23.4 Å². The van der Waals surface area contributed by atoms with E-state index in [1.807, 2.05) is 0 Å². The van der Waals surface area contributed by atoms with Gasteiger partial charge in [0.2, 0.25) is 5.91 Å². The minimum Gasteiger partial charge on any atom is -0.324 e. The maximum Gasteiger partial charge on any atom is 0.325 e. The van der Waals surface area contributed by atoms with Crippen LogP contribution in [-0.4, -0.2) is 45.0 Å². The number of aromatic nitrogens is 2. The average Bonchev–Trinajstić information content (AvgIpc) is 2.77. The molecule has 8 heteroatoms. The molecule has 1 aromatic heterocycles. The van der Waals surface area contributed by atoms with Crippen molar-refractivity contribution in [3.8, 4) is 0 Å². The number of amides is 4. The van der Waals surface area contributed by atoms with Gasteiger partial charge in [-0.1, -0.05) is 0 Å². The molecular weight excluding hydrogens is 250 g/mol. The summed E-state index contributed by atoms with van der Waals surface area (Å²) in [4.78, 5) is 36.2. The van der Waals surface area contributed by atoms with E-state index in [1.54, 1.807) is 27.0 Å². The Labute approximate surface area is 109 Å². The molecule has 19 heavy (non-hydrogen) atoms. The molecule has 1 saturated heterocycles. The molecule has 0 unspecified atom stereocenters. The van der Waals surface area contributed by atoms with Crippen LogP contribution in [0.25, 0.3) is 0 Å². The number of carbonyl (C=O) groups is 3. The van der Waals surface area contributed by atoms with Crippen LogP contribution in [0.1, 0.15) is 19.4 Å². The van der Waals surface area contributed by atoms with Gasteiger partial charge in [0.25, 0.3) is 5.91 Å². The Hall–Kier alpha value is -2.38. The number of H-pyrrole nitrogens is 1. The average molecular weight is 265 g/mol. The summed E-state index contributed by atoms with van der Waals surface area (Å²) in [5.41, 5.74) is -0.202. The van der Waals surface area contributed by atoms with Gasteiger partial charge in [-0.15, -0.1) is 0 Å². The number of anilines is 1. The van der Waals surface area contributed by atoms with Crippen molar-refractivity contribution in [2.75, 3.05) is 11.9 Å². The van der Waals surface area contributed by atoms with Crippen molar-refractivity contribution in [1.82, 2.24) is 20.4 Å². The molecule has 2 heterocycles. The van der Waals surface area contributed by atoms with Crippen LogP contribution in [0.5, 0.6) is 0 Å². The molecule has 1 aromatic rings. The van der Waals surface area contributed by atoms with Crippen LogP contribution in [0.2, 0.25) is 0 Å². The van der Waals surface area contributed by atoms with Gasteiger partial charge in [-0.05, 0) is 20.8 Å². The van der Waals surface area contributed by atoms with E-state index in [-0.39, 0.29) is 6.54 Å². The number of hydrogen-bond donors (Lipinski definition) is 3. The number of aromatic amines is 1. The normalized spacial score (nSPS) is 17.5. The monoisotopic (exact) mass is 265 g/mol. The Morgan fingerprint density at radius 1 is 1.47 bits per heavy atom. The van der Waals surface area contributed by atoms with Crippen LogP contribution in [0, 0.1) is 6.92 Å². The van der Waals surface area contributed by atoms with Gasteiger partial charge >= 0.3 is 6.03 Å². The van der Waals surface area contributed by atoms with Gasteiger partial charge in [-0.2, -0.15) is 5.10 Å². The summed E-state index contributed by atoms with van der Waals surface area (Å²) in [5, 5.41) is 11.4. The zero-order valence-corrected chi connectivity index (χ0v) is 10.9. The highest BCUT2D eigenvalue weighted by Crippen LogP contribution is 2.16. The molecule has 0 spiro atoms. The first kappa shape index (κ1) is 13.1. The molecule has 3 N–H and O–H groups in total. The fourth-order valence-corrected chi connectivity index (χ4v) is 1.76. The van der Waals surface area contributed by atoms with Crippen molar-refractivity contribution in [2.24, 2.45) is 0 Å². The van der Waals surface area contributed by atoms with Crippen LogP contribution in [-0.2, 0) is 9.59 Å². The number of aryl methyl sites for hydroxylation is 1. The van der Waals surface area contributed by atoms with Gasteiger partial charge in [0.15, 0.2) is 0 Å². The Kier molecular flexibility index (Phi) is 3.01. The molecule has 4 amide bonds. The third-order valence-corrected chi connectivity index (χ3v) is 2.84. The van der Waals surface area contributed by atoms with Crippen molar-refractivity contribution in [2.45, 2.75) is 26.3 Å². The molecule has 0 radical (unpaired) electrons. The van der Waals surface area contributed by atoms with Crippen LogP contribution in [0.15, 0.2) is 6.20 Å². The van der Waals surface area contributed by atoms with E-state index in [9.17, 15) is 14.4 Å². The maximum absolute atomic E-state index is 11.9. The van der Waals surface area contributed by atoms with Gasteiger partial charge in [-0.3, -0.25) is 19.6 Å². The van der Waals surface area contributed by atoms with Crippen molar-refractivity contribution in [1.29, 1.82) is 0 Å². The fourth-order valence-electron chi connectivity index (χ4n) is 1.76. The highest BCUT2D eigenvalue weighted by atomic mass is 16.2. The predicted octanol–water partition coefficient (Wildman–Crippen LogP) is -0.0130. The lowest BCUT2D eigenvalue weighted by Gasteiger charge is -2.15. The molecule has 0 aliphatic carbocycles. The summed E-state index contributed by atoms with van der Waals surface area (Å²) >= 11 is 0. The van der Waals surface area contributed by atoms with Gasteiger partial charge in [0.1, 0.15) is 17.9 Å². The molecule has 2 rings (SSSR count). The number of imide groups is 1. The number of rotatable bonds is 3. The first-order chi connectivity index (χ1) is 8.81. The second kappa shape index (κ2) is 4.38. The van der Waals surface area contributed by atoms with Crippen molar-refractivity contribution in [3.05, 3.63) is 11.8 Å². The van der Waals surface area contributed by atoms with Crippen LogP contribution in [0.3, 0.4) is 0 Å². The Balaban J connectivity index is 2.02. The molecule has 1 aliphatic rings. The van der Waals surface area contributed by atoms with Gasteiger partial charge in [0.05, 0.1) is 6.20 Å². The number of urea groups is 1.